The molecule has 0 spiro atoms. The van der Waals surface area contributed by atoms with Crippen LogP contribution in [0.3, 0.4) is 0 Å². The number of fused-ring (bicyclic) bond motifs is 1. The van der Waals surface area contributed by atoms with Gasteiger partial charge in [0.1, 0.15) is 5.82 Å². The topological polar surface area (TPSA) is 61.0 Å². The molecule has 4 nitrogen and oxygen atoms in total. The number of rotatable bonds is 1. The molecule has 0 saturated heterocycles. The van der Waals surface area contributed by atoms with Crippen molar-refractivity contribution in [1.29, 1.82) is 0 Å². The highest BCUT2D eigenvalue weighted by Gasteiger charge is 2.17. The van der Waals surface area contributed by atoms with E-state index in [1.165, 1.54) is 0 Å². The molecule has 1 aromatic heterocycles. The molecule has 2 aromatic rings. The molecule has 1 aromatic carbocycles. The smallest absolute Gasteiger partial charge is 0.161 e. The minimum Gasteiger partial charge on any atom is -0.383 e. The molecule has 0 bridgehead atoms. The molecule has 5 heteroatoms. The third kappa shape index (κ3) is 2.05. The standard InChI is InChI=1S/C13H12ClN3O/c14-9-3-1-2-8(6-9)13-16-11-4-5-18-7-10(11)12(15)17-13/h1-3,6H,4-5,7H2,(H2,15,16,17). The quantitative estimate of drug-likeness (QED) is 0.857. The van der Waals surface area contributed by atoms with Crippen molar-refractivity contribution in [3.8, 4) is 11.4 Å². The summed E-state index contributed by atoms with van der Waals surface area (Å²) in [6.45, 7) is 1.18. The molecule has 0 fully saturated rings. The summed E-state index contributed by atoms with van der Waals surface area (Å²) < 4.78 is 5.36. The number of aromatic nitrogens is 2. The third-order valence-electron chi connectivity index (χ3n) is 2.94. The summed E-state index contributed by atoms with van der Waals surface area (Å²) in [6, 6.07) is 7.45. The van der Waals surface area contributed by atoms with E-state index >= 15 is 0 Å². The molecular formula is C13H12ClN3O. The highest BCUT2D eigenvalue weighted by Crippen LogP contribution is 2.25. The maximum Gasteiger partial charge on any atom is 0.161 e. The number of hydrogen-bond donors (Lipinski definition) is 1. The molecule has 3 rings (SSSR count). The van der Waals surface area contributed by atoms with E-state index in [0.29, 0.717) is 29.9 Å². The second-order valence-electron chi connectivity index (χ2n) is 4.17. The van der Waals surface area contributed by atoms with Crippen LogP contribution in [0, 0.1) is 0 Å². The van der Waals surface area contributed by atoms with Gasteiger partial charge in [-0.15, -0.1) is 0 Å². The molecule has 92 valence electrons. The van der Waals surface area contributed by atoms with Crippen LogP contribution in [0.5, 0.6) is 0 Å². The van der Waals surface area contributed by atoms with Crippen LogP contribution in [0.2, 0.25) is 5.02 Å². The maximum absolute atomic E-state index is 5.97. The predicted octanol–water partition coefficient (Wildman–Crippen LogP) is 2.45. The average Bonchev–Trinajstić information content (AvgIpc) is 2.39. The highest BCUT2D eigenvalue weighted by atomic mass is 35.5. The van der Waals surface area contributed by atoms with Crippen molar-refractivity contribution < 1.29 is 4.74 Å². The minimum atomic E-state index is 0.495. The van der Waals surface area contributed by atoms with E-state index in [0.717, 1.165) is 23.2 Å². The lowest BCUT2D eigenvalue weighted by atomic mass is 10.1. The van der Waals surface area contributed by atoms with Gasteiger partial charge < -0.3 is 10.5 Å². The van der Waals surface area contributed by atoms with Crippen LogP contribution < -0.4 is 5.73 Å². The van der Waals surface area contributed by atoms with Crippen molar-refractivity contribution in [3.05, 3.63) is 40.5 Å². The van der Waals surface area contributed by atoms with Gasteiger partial charge in [0, 0.05) is 22.6 Å². The summed E-state index contributed by atoms with van der Waals surface area (Å²) in [4.78, 5) is 8.88. The summed E-state index contributed by atoms with van der Waals surface area (Å²) in [5.41, 5.74) is 8.72. The molecule has 0 atom stereocenters. The van der Waals surface area contributed by atoms with Gasteiger partial charge in [0.15, 0.2) is 5.82 Å². The maximum atomic E-state index is 5.97. The number of benzene rings is 1. The average molecular weight is 262 g/mol. The molecule has 0 amide bonds. The van der Waals surface area contributed by atoms with Gasteiger partial charge in [-0.2, -0.15) is 0 Å². The van der Waals surface area contributed by atoms with E-state index in [9.17, 15) is 0 Å². The van der Waals surface area contributed by atoms with Crippen molar-refractivity contribution in [2.75, 3.05) is 12.3 Å². The number of nitrogen functional groups attached to an aromatic ring is 1. The Morgan fingerprint density at radius 2 is 2.17 bits per heavy atom. The molecule has 0 aliphatic carbocycles. The number of halogens is 1. The van der Waals surface area contributed by atoms with Crippen LogP contribution >= 0.6 is 11.6 Å². The Morgan fingerprint density at radius 1 is 1.28 bits per heavy atom. The Labute approximate surface area is 110 Å². The van der Waals surface area contributed by atoms with Crippen molar-refractivity contribution in [2.45, 2.75) is 13.0 Å². The summed E-state index contributed by atoms with van der Waals surface area (Å²) in [6.07, 6.45) is 0.773. The van der Waals surface area contributed by atoms with Gasteiger partial charge in [-0.05, 0) is 12.1 Å². The first kappa shape index (κ1) is 11.4. The zero-order valence-corrected chi connectivity index (χ0v) is 10.4. The molecule has 18 heavy (non-hydrogen) atoms. The zero-order chi connectivity index (χ0) is 12.5. The van der Waals surface area contributed by atoms with Gasteiger partial charge in [-0.1, -0.05) is 23.7 Å². The van der Waals surface area contributed by atoms with Gasteiger partial charge in [0.25, 0.3) is 0 Å². The van der Waals surface area contributed by atoms with E-state index < -0.39 is 0 Å². The molecule has 2 N–H and O–H groups in total. The van der Waals surface area contributed by atoms with E-state index in [2.05, 4.69) is 9.97 Å². The lowest BCUT2D eigenvalue weighted by molar-refractivity contribution is 0.109. The van der Waals surface area contributed by atoms with E-state index in [4.69, 9.17) is 22.1 Å². The fourth-order valence-corrected chi connectivity index (χ4v) is 2.20. The summed E-state index contributed by atoms with van der Waals surface area (Å²) in [5.74, 6) is 1.12. The Kier molecular flexibility index (Phi) is 2.89. The fraction of sp³-hybridized carbons (Fsp3) is 0.231. The van der Waals surface area contributed by atoms with Crippen molar-refractivity contribution in [3.63, 3.8) is 0 Å². The zero-order valence-electron chi connectivity index (χ0n) is 9.69. The van der Waals surface area contributed by atoms with Crippen LogP contribution in [0.15, 0.2) is 24.3 Å². The molecule has 1 aliphatic heterocycles. The summed E-state index contributed by atoms with van der Waals surface area (Å²) in [7, 11) is 0. The summed E-state index contributed by atoms with van der Waals surface area (Å²) >= 11 is 5.97. The van der Waals surface area contributed by atoms with Gasteiger partial charge in [0.05, 0.1) is 18.9 Å². The first-order chi connectivity index (χ1) is 8.74. The second-order valence-corrected chi connectivity index (χ2v) is 4.61. The van der Waals surface area contributed by atoms with Crippen LogP contribution in [0.25, 0.3) is 11.4 Å². The number of nitrogens with zero attached hydrogens (tertiary/aromatic N) is 2. The van der Waals surface area contributed by atoms with Crippen molar-refractivity contribution in [1.82, 2.24) is 9.97 Å². The number of nitrogens with two attached hydrogens (primary N) is 1. The van der Waals surface area contributed by atoms with E-state index in [1.807, 2.05) is 24.3 Å². The molecule has 1 aliphatic rings. The normalized spacial score (nSPS) is 14.3. The third-order valence-corrected chi connectivity index (χ3v) is 3.17. The molecular weight excluding hydrogens is 250 g/mol. The number of ether oxygens (including phenoxy) is 1. The van der Waals surface area contributed by atoms with Crippen LogP contribution in [-0.2, 0) is 17.8 Å². The lowest BCUT2D eigenvalue weighted by Crippen LogP contribution is -2.16. The second kappa shape index (κ2) is 4.55. The van der Waals surface area contributed by atoms with Crippen molar-refractivity contribution in [2.24, 2.45) is 0 Å². The van der Waals surface area contributed by atoms with Gasteiger partial charge in [-0.3, -0.25) is 0 Å². The van der Waals surface area contributed by atoms with E-state index in [-0.39, 0.29) is 0 Å². The predicted molar refractivity (Wildman–Crippen MR) is 70.3 cm³/mol. The molecule has 0 unspecified atom stereocenters. The van der Waals surface area contributed by atoms with Crippen molar-refractivity contribution >= 4 is 17.4 Å². The van der Waals surface area contributed by atoms with Gasteiger partial charge in [-0.25, -0.2) is 9.97 Å². The fourth-order valence-electron chi connectivity index (χ4n) is 2.01. The largest absolute Gasteiger partial charge is 0.383 e. The molecule has 0 saturated carbocycles. The summed E-state index contributed by atoms with van der Waals surface area (Å²) in [5, 5.41) is 0.663. The van der Waals surface area contributed by atoms with Crippen LogP contribution in [0.4, 0.5) is 5.82 Å². The van der Waals surface area contributed by atoms with Crippen LogP contribution in [-0.4, -0.2) is 16.6 Å². The Balaban J connectivity index is 2.11. The molecule has 2 heterocycles. The first-order valence-corrected chi connectivity index (χ1v) is 6.11. The first-order valence-electron chi connectivity index (χ1n) is 5.73. The van der Waals surface area contributed by atoms with Gasteiger partial charge in [0.2, 0.25) is 0 Å². The SMILES string of the molecule is Nc1nc(-c2cccc(Cl)c2)nc2c1COCC2. The number of hydrogen-bond acceptors (Lipinski definition) is 4. The Hall–Kier alpha value is -1.65. The Morgan fingerprint density at radius 3 is 3.00 bits per heavy atom. The Bertz CT molecular complexity index is 601. The minimum absolute atomic E-state index is 0.495. The lowest BCUT2D eigenvalue weighted by Gasteiger charge is -2.17. The number of anilines is 1. The van der Waals surface area contributed by atoms with E-state index in [1.54, 1.807) is 0 Å². The molecule has 0 radical (unpaired) electrons. The monoisotopic (exact) mass is 261 g/mol. The highest BCUT2D eigenvalue weighted by molar-refractivity contribution is 6.30. The van der Waals surface area contributed by atoms with Crippen LogP contribution in [0.1, 0.15) is 11.3 Å². The van der Waals surface area contributed by atoms with Gasteiger partial charge >= 0.3 is 0 Å².